The molecule has 0 amide bonds. The van der Waals surface area contributed by atoms with Gasteiger partial charge in [0.05, 0.1) is 0 Å². The van der Waals surface area contributed by atoms with Crippen molar-refractivity contribution in [2.75, 3.05) is 0 Å². The van der Waals surface area contributed by atoms with Gasteiger partial charge in [-0.2, -0.15) is 0 Å². The summed E-state index contributed by atoms with van der Waals surface area (Å²) in [5.74, 6) is 0. The summed E-state index contributed by atoms with van der Waals surface area (Å²) in [6, 6.07) is 16.7. The largest absolute Gasteiger partial charge is 0.0840 e. The zero-order valence-electron chi connectivity index (χ0n) is 8.70. The molecule has 2 aromatic carbocycles. The zero-order chi connectivity index (χ0) is 10.7. The van der Waals surface area contributed by atoms with Crippen molar-refractivity contribution in [1.29, 1.82) is 0 Å². The number of halogens is 1. The summed E-state index contributed by atoms with van der Waals surface area (Å²) >= 11 is 6.08. The molecule has 0 nitrogen and oxygen atoms in total. The van der Waals surface area contributed by atoms with Gasteiger partial charge >= 0.3 is 0 Å². The van der Waals surface area contributed by atoms with Crippen LogP contribution in [0.25, 0.3) is 0 Å². The van der Waals surface area contributed by atoms with E-state index < -0.39 is 0 Å². The second-order valence-electron chi connectivity index (χ2n) is 3.75. The molecule has 0 unspecified atom stereocenters. The van der Waals surface area contributed by atoms with E-state index in [0.29, 0.717) is 0 Å². The van der Waals surface area contributed by atoms with Gasteiger partial charge in [0.15, 0.2) is 0 Å². The number of hydrogen-bond acceptors (Lipinski definition) is 0. The van der Waals surface area contributed by atoms with Crippen LogP contribution in [0.2, 0.25) is 5.02 Å². The maximum atomic E-state index is 6.08. The van der Waals surface area contributed by atoms with Crippen LogP contribution in [0.15, 0.2) is 48.5 Å². The molecule has 0 saturated carbocycles. The molecule has 0 atom stereocenters. The minimum Gasteiger partial charge on any atom is -0.0840 e. The van der Waals surface area contributed by atoms with Gasteiger partial charge in [-0.1, -0.05) is 54.1 Å². The topological polar surface area (TPSA) is 0 Å². The molecular formula is C14H13Cl. The third-order valence-electron chi connectivity index (χ3n) is 2.49. The Bertz CT molecular complexity index is 446. The van der Waals surface area contributed by atoms with Gasteiger partial charge in [-0.25, -0.2) is 0 Å². The molecule has 0 bridgehead atoms. The van der Waals surface area contributed by atoms with E-state index in [2.05, 4.69) is 36.4 Å². The number of rotatable bonds is 2. The van der Waals surface area contributed by atoms with Gasteiger partial charge in [0.1, 0.15) is 0 Å². The Hall–Kier alpha value is -1.27. The molecule has 0 saturated heterocycles. The first-order valence-electron chi connectivity index (χ1n) is 5.04. The molecule has 0 radical (unpaired) electrons. The van der Waals surface area contributed by atoms with E-state index in [1.807, 2.05) is 19.1 Å². The number of aryl methyl sites for hydroxylation is 1. The van der Waals surface area contributed by atoms with Gasteiger partial charge in [-0.15, -0.1) is 0 Å². The molecule has 0 fully saturated rings. The van der Waals surface area contributed by atoms with Crippen molar-refractivity contribution in [3.05, 3.63) is 70.2 Å². The Kier molecular flexibility index (Phi) is 3.08. The number of benzene rings is 2. The lowest BCUT2D eigenvalue weighted by molar-refractivity contribution is 1.19. The van der Waals surface area contributed by atoms with E-state index in [1.54, 1.807) is 0 Å². The summed E-state index contributed by atoms with van der Waals surface area (Å²) < 4.78 is 0. The Morgan fingerprint density at radius 3 is 2.33 bits per heavy atom. The highest BCUT2D eigenvalue weighted by Crippen LogP contribution is 2.18. The fraction of sp³-hybridized carbons (Fsp3) is 0.143. The minimum atomic E-state index is 0.850. The monoisotopic (exact) mass is 216 g/mol. The van der Waals surface area contributed by atoms with Crippen LogP contribution in [0.3, 0.4) is 0 Å². The maximum absolute atomic E-state index is 6.08. The van der Waals surface area contributed by atoms with Crippen molar-refractivity contribution in [2.24, 2.45) is 0 Å². The Morgan fingerprint density at radius 1 is 0.933 bits per heavy atom. The molecule has 15 heavy (non-hydrogen) atoms. The average molecular weight is 217 g/mol. The van der Waals surface area contributed by atoms with Gasteiger partial charge < -0.3 is 0 Å². The van der Waals surface area contributed by atoms with E-state index in [4.69, 9.17) is 11.6 Å². The third-order valence-corrected chi connectivity index (χ3v) is 2.89. The fourth-order valence-corrected chi connectivity index (χ4v) is 1.78. The van der Waals surface area contributed by atoms with Crippen LogP contribution in [-0.2, 0) is 6.42 Å². The van der Waals surface area contributed by atoms with E-state index in [0.717, 1.165) is 17.0 Å². The smallest absolute Gasteiger partial charge is 0.0438 e. The quantitative estimate of drug-likeness (QED) is 0.705. The summed E-state index contributed by atoms with van der Waals surface area (Å²) in [7, 11) is 0. The third kappa shape index (κ3) is 2.60. The maximum Gasteiger partial charge on any atom is 0.0438 e. The van der Waals surface area contributed by atoms with Gasteiger partial charge in [0.2, 0.25) is 0 Å². The molecule has 0 heterocycles. The van der Waals surface area contributed by atoms with Crippen molar-refractivity contribution < 1.29 is 0 Å². The van der Waals surface area contributed by atoms with Crippen LogP contribution < -0.4 is 0 Å². The predicted molar refractivity (Wildman–Crippen MR) is 65.4 cm³/mol. The van der Waals surface area contributed by atoms with E-state index in [9.17, 15) is 0 Å². The van der Waals surface area contributed by atoms with Crippen LogP contribution in [0.4, 0.5) is 0 Å². The summed E-state index contributed by atoms with van der Waals surface area (Å²) in [4.78, 5) is 0. The minimum absolute atomic E-state index is 0.850. The van der Waals surface area contributed by atoms with Crippen molar-refractivity contribution in [3.8, 4) is 0 Å². The first-order valence-corrected chi connectivity index (χ1v) is 5.42. The molecule has 0 aliphatic carbocycles. The zero-order valence-corrected chi connectivity index (χ0v) is 9.46. The lowest BCUT2D eigenvalue weighted by Crippen LogP contribution is -1.88. The van der Waals surface area contributed by atoms with Gasteiger partial charge in [-0.05, 0) is 36.1 Å². The molecule has 0 N–H and O–H groups in total. The highest BCUT2D eigenvalue weighted by atomic mass is 35.5. The average Bonchev–Trinajstić information content (AvgIpc) is 2.25. The van der Waals surface area contributed by atoms with Crippen LogP contribution >= 0.6 is 11.6 Å². The Morgan fingerprint density at radius 2 is 1.67 bits per heavy atom. The van der Waals surface area contributed by atoms with Crippen LogP contribution in [0, 0.1) is 6.92 Å². The molecule has 0 aliphatic rings. The second-order valence-corrected chi connectivity index (χ2v) is 4.15. The second kappa shape index (κ2) is 4.50. The van der Waals surface area contributed by atoms with E-state index in [-0.39, 0.29) is 0 Å². The SMILES string of the molecule is Cc1ccc(Cc2ccccc2)cc1Cl. The highest BCUT2D eigenvalue weighted by Gasteiger charge is 1.99. The molecule has 0 aromatic heterocycles. The van der Waals surface area contributed by atoms with Crippen LogP contribution in [0.1, 0.15) is 16.7 Å². The van der Waals surface area contributed by atoms with E-state index >= 15 is 0 Å². The van der Waals surface area contributed by atoms with Crippen molar-refractivity contribution in [3.63, 3.8) is 0 Å². The first-order chi connectivity index (χ1) is 7.25. The standard InChI is InChI=1S/C14H13Cl/c1-11-7-8-13(10-14(11)15)9-12-5-3-2-4-6-12/h2-8,10H,9H2,1H3. The summed E-state index contributed by atoms with van der Waals surface area (Å²) in [6.07, 6.45) is 0.945. The molecular weight excluding hydrogens is 204 g/mol. The van der Waals surface area contributed by atoms with Crippen molar-refractivity contribution in [2.45, 2.75) is 13.3 Å². The summed E-state index contributed by atoms with van der Waals surface area (Å²) in [6.45, 7) is 2.02. The molecule has 2 rings (SSSR count). The normalized spacial score (nSPS) is 10.3. The highest BCUT2D eigenvalue weighted by molar-refractivity contribution is 6.31. The molecule has 0 aliphatic heterocycles. The lowest BCUT2D eigenvalue weighted by atomic mass is 10.0. The Labute approximate surface area is 95.5 Å². The summed E-state index contributed by atoms with van der Waals surface area (Å²) in [5.41, 5.74) is 3.71. The van der Waals surface area contributed by atoms with Gasteiger partial charge in [0.25, 0.3) is 0 Å². The van der Waals surface area contributed by atoms with E-state index in [1.165, 1.54) is 11.1 Å². The van der Waals surface area contributed by atoms with Crippen LogP contribution in [-0.4, -0.2) is 0 Å². The van der Waals surface area contributed by atoms with Crippen molar-refractivity contribution >= 4 is 11.6 Å². The van der Waals surface area contributed by atoms with Gasteiger partial charge in [0, 0.05) is 5.02 Å². The molecule has 2 aromatic rings. The van der Waals surface area contributed by atoms with Gasteiger partial charge in [-0.3, -0.25) is 0 Å². The van der Waals surface area contributed by atoms with Crippen molar-refractivity contribution in [1.82, 2.24) is 0 Å². The number of hydrogen-bond donors (Lipinski definition) is 0. The molecule has 1 heteroatoms. The predicted octanol–water partition coefficient (Wildman–Crippen LogP) is 4.24. The molecule has 76 valence electrons. The van der Waals surface area contributed by atoms with Crippen LogP contribution in [0.5, 0.6) is 0 Å². The summed E-state index contributed by atoms with van der Waals surface area (Å²) in [5, 5.41) is 0.850. The Balaban J connectivity index is 2.22. The molecule has 0 spiro atoms. The lowest BCUT2D eigenvalue weighted by Gasteiger charge is -2.04. The first kappa shape index (κ1) is 10.3. The fourth-order valence-electron chi connectivity index (χ4n) is 1.58.